The fourth-order valence-corrected chi connectivity index (χ4v) is 5.74. The van der Waals surface area contributed by atoms with Crippen molar-refractivity contribution in [2.24, 2.45) is 5.92 Å². The third kappa shape index (κ3) is 2.90. The highest BCUT2D eigenvalue weighted by atomic mass is 16.5. The number of carbonyl (C=O) groups excluding carboxylic acids is 1. The molecule has 3 atom stereocenters. The minimum atomic E-state index is 0.215. The largest absolute Gasteiger partial charge is 0.497 e. The molecule has 5 aliphatic rings. The second-order valence-electron chi connectivity index (χ2n) is 8.27. The first-order chi connectivity index (χ1) is 13.3. The summed E-state index contributed by atoms with van der Waals surface area (Å²) in [6, 6.07) is 9.44. The minimum absolute atomic E-state index is 0.215. The van der Waals surface area contributed by atoms with Gasteiger partial charge < -0.3 is 19.3 Å². The van der Waals surface area contributed by atoms with Crippen molar-refractivity contribution in [1.82, 2.24) is 14.7 Å². The maximum atomic E-state index is 13.4. The lowest BCUT2D eigenvalue weighted by Gasteiger charge is -2.51. The molecule has 2 amide bonds. The third-order valence-electron chi connectivity index (χ3n) is 7.04. The average molecular weight is 371 g/mol. The van der Waals surface area contributed by atoms with Crippen molar-refractivity contribution in [3.8, 4) is 5.75 Å². The molecule has 6 heteroatoms. The average Bonchev–Trinajstić information content (AvgIpc) is 3.18. The van der Waals surface area contributed by atoms with E-state index in [4.69, 9.17) is 9.47 Å². The van der Waals surface area contributed by atoms with Gasteiger partial charge in [-0.05, 0) is 49.5 Å². The summed E-state index contributed by atoms with van der Waals surface area (Å²) in [5.41, 5.74) is 1.30. The molecular weight excluding hydrogens is 342 g/mol. The molecule has 5 heterocycles. The van der Waals surface area contributed by atoms with E-state index in [1.807, 2.05) is 11.0 Å². The van der Waals surface area contributed by atoms with Gasteiger partial charge in [-0.25, -0.2) is 4.79 Å². The standard InChI is InChI=1S/C21H29N3O3/c1-26-17-4-2-3-16(13-17)18-14-24(21(25)23-9-11-27-12-10-23)19-15-5-7-22(8-6-15)20(18)19/h2-4,13,15,18-20H,5-12,14H2,1H3/t18-,19+,20+/m0/s1. The molecular formula is C21H29N3O3. The van der Waals surface area contributed by atoms with Gasteiger partial charge >= 0.3 is 6.03 Å². The molecule has 5 aliphatic heterocycles. The van der Waals surface area contributed by atoms with Crippen LogP contribution in [0.1, 0.15) is 24.3 Å². The van der Waals surface area contributed by atoms with Crippen LogP contribution < -0.4 is 4.74 Å². The van der Waals surface area contributed by atoms with Crippen LogP contribution in [0.25, 0.3) is 0 Å². The van der Waals surface area contributed by atoms with E-state index >= 15 is 0 Å². The smallest absolute Gasteiger partial charge is 0.320 e. The Morgan fingerprint density at radius 2 is 1.89 bits per heavy atom. The Kier molecular flexibility index (Phi) is 4.48. The number of fused-ring (bicyclic) bond motifs is 2. The van der Waals surface area contributed by atoms with Crippen LogP contribution in [0.2, 0.25) is 0 Å². The number of hydrogen-bond donors (Lipinski definition) is 0. The number of methoxy groups -OCH3 is 1. The van der Waals surface area contributed by atoms with E-state index in [1.165, 1.54) is 31.5 Å². The SMILES string of the molecule is COc1cccc([C@@H]2CN(C(=O)N3CCOCC3)[C@@H]3C4CCN(CC4)[C@@H]32)c1. The zero-order valence-corrected chi connectivity index (χ0v) is 16.0. The van der Waals surface area contributed by atoms with Crippen molar-refractivity contribution in [3.05, 3.63) is 29.8 Å². The number of benzene rings is 1. The van der Waals surface area contributed by atoms with Gasteiger partial charge in [0.25, 0.3) is 0 Å². The number of likely N-dealkylation sites (tertiary alicyclic amines) is 1. The predicted molar refractivity (Wildman–Crippen MR) is 102 cm³/mol. The van der Waals surface area contributed by atoms with Gasteiger partial charge in [-0.15, -0.1) is 0 Å². The Morgan fingerprint density at radius 1 is 1.11 bits per heavy atom. The molecule has 5 saturated heterocycles. The second kappa shape index (κ2) is 6.99. The van der Waals surface area contributed by atoms with Crippen LogP contribution in [-0.4, -0.2) is 85.9 Å². The monoisotopic (exact) mass is 371 g/mol. The maximum Gasteiger partial charge on any atom is 0.320 e. The predicted octanol–water partition coefficient (Wildman–Crippen LogP) is 2.01. The second-order valence-corrected chi connectivity index (χ2v) is 8.27. The third-order valence-corrected chi connectivity index (χ3v) is 7.04. The van der Waals surface area contributed by atoms with Gasteiger partial charge in [0.2, 0.25) is 0 Å². The number of amides is 2. The number of morpholine rings is 1. The Labute approximate surface area is 161 Å². The molecule has 0 unspecified atom stereocenters. The van der Waals surface area contributed by atoms with Crippen molar-refractivity contribution in [1.29, 1.82) is 0 Å². The van der Waals surface area contributed by atoms with Crippen molar-refractivity contribution in [3.63, 3.8) is 0 Å². The van der Waals surface area contributed by atoms with Gasteiger partial charge in [-0.1, -0.05) is 12.1 Å². The summed E-state index contributed by atoms with van der Waals surface area (Å²) in [5.74, 6) is 1.90. The molecule has 1 aromatic rings. The molecule has 27 heavy (non-hydrogen) atoms. The molecule has 0 N–H and O–H groups in total. The molecule has 6 nitrogen and oxygen atoms in total. The van der Waals surface area contributed by atoms with Crippen LogP contribution in [0.5, 0.6) is 5.75 Å². The van der Waals surface area contributed by atoms with Crippen LogP contribution in [0, 0.1) is 5.92 Å². The van der Waals surface area contributed by atoms with Gasteiger partial charge in [-0.2, -0.15) is 0 Å². The zero-order chi connectivity index (χ0) is 18.4. The highest BCUT2D eigenvalue weighted by Gasteiger charge is 2.55. The van der Waals surface area contributed by atoms with Crippen molar-refractivity contribution >= 4 is 6.03 Å². The molecule has 1 aromatic carbocycles. The Hall–Kier alpha value is -1.79. The van der Waals surface area contributed by atoms with Crippen molar-refractivity contribution in [2.75, 3.05) is 53.0 Å². The number of hydrogen-bond acceptors (Lipinski definition) is 4. The minimum Gasteiger partial charge on any atom is -0.497 e. The number of rotatable bonds is 2. The van der Waals surface area contributed by atoms with Gasteiger partial charge in [0.05, 0.1) is 26.4 Å². The van der Waals surface area contributed by atoms with Crippen LogP contribution in [-0.2, 0) is 4.74 Å². The summed E-state index contributed by atoms with van der Waals surface area (Å²) in [7, 11) is 1.72. The van der Waals surface area contributed by atoms with E-state index in [0.29, 0.717) is 50.2 Å². The number of urea groups is 1. The van der Waals surface area contributed by atoms with Crippen LogP contribution in [0.4, 0.5) is 4.79 Å². The molecule has 0 spiro atoms. The van der Waals surface area contributed by atoms with E-state index in [2.05, 4.69) is 28.0 Å². The number of piperidine rings is 3. The normalized spacial score (nSPS) is 35.2. The maximum absolute atomic E-state index is 13.4. The number of carbonyl (C=O) groups is 1. The van der Waals surface area contributed by atoms with Crippen LogP contribution in [0.15, 0.2) is 24.3 Å². The van der Waals surface area contributed by atoms with E-state index in [-0.39, 0.29) is 6.03 Å². The first-order valence-corrected chi connectivity index (χ1v) is 10.3. The topological polar surface area (TPSA) is 45.3 Å². The fraction of sp³-hybridized carbons (Fsp3) is 0.667. The van der Waals surface area contributed by atoms with Gasteiger partial charge in [0.1, 0.15) is 5.75 Å². The lowest BCUT2D eigenvalue weighted by Crippen LogP contribution is -2.62. The molecule has 2 bridgehead atoms. The molecule has 146 valence electrons. The van der Waals surface area contributed by atoms with E-state index in [0.717, 1.165) is 12.3 Å². The van der Waals surface area contributed by atoms with E-state index in [1.54, 1.807) is 7.11 Å². The Morgan fingerprint density at radius 3 is 2.63 bits per heavy atom. The summed E-state index contributed by atoms with van der Waals surface area (Å²) in [5, 5.41) is 0. The number of ether oxygens (including phenoxy) is 2. The number of nitrogens with zero attached hydrogens (tertiary/aromatic N) is 3. The fourth-order valence-electron chi connectivity index (χ4n) is 5.74. The lowest BCUT2D eigenvalue weighted by molar-refractivity contribution is -0.00722. The van der Waals surface area contributed by atoms with Gasteiger partial charge in [-0.3, -0.25) is 4.90 Å². The van der Waals surface area contributed by atoms with Crippen LogP contribution >= 0.6 is 0 Å². The zero-order valence-electron chi connectivity index (χ0n) is 16.0. The molecule has 0 saturated carbocycles. The molecule has 5 fully saturated rings. The quantitative estimate of drug-likeness (QED) is 0.798. The van der Waals surface area contributed by atoms with Crippen molar-refractivity contribution < 1.29 is 14.3 Å². The van der Waals surface area contributed by atoms with E-state index in [9.17, 15) is 4.79 Å². The summed E-state index contributed by atoms with van der Waals surface area (Å²) in [4.78, 5) is 20.2. The summed E-state index contributed by atoms with van der Waals surface area (Å²) in [6.07, 6.45) is 2.44. The van der Waals surface area contributed by atoms with Crippen LogP contribution in [0.3, 0.4) is 0 Å². The van der Waals surface area contributed by atoms with Gasteiger partial charge in [0.15, 0.2) is 0 Å². The molecule has 0 aliphatic carbocycles. The summed E-state index contributed by atoms with van der Waals surface area (Å²) < 4.78 is 10.9. The van der Waals surface area contributed by atoms with E-state index < -0.39 is 0 Å². The highest BCUT2D eigenvalue weighted by Crippen LogP contribution is 2.47. The van der Waals surface area contributed by atoms with Gasteiger partial charge in [0, 0.05) is 31.6 Å². The summed E-state index contributed by atoms with van der Waals surface area (Å²) in [6.45, 7) is 5.89. The lowest BCUT2D eigenvalue weighted by atomic mass is 9.75. The Balaban J connectivity index is 1.47. The first-order valence-electron chi connectivity index (χ1n) is 10.3. The highest BCUT2D eigenvalue weighted by molar-refractivity contribution is 5.76. The Bertz CT molecular complexity index is 698. The summed E-state index contributed by atoms with van der Waals surface area (Å²) >= 11 is 0. The first kappa shape index (κ1) is 17.3. The molecule has 0 radical (unpaired) electrons. The molecule has 6 rings (SSSR count). The molecule has 0 aromatic heterocycles. The van der Waals surface area contributed by atoms with Crippen molar-refractivity contribution in [2.45, 2.75) is 30.8 Å².